The highest BCUT2D eigenvalue weighted by molar-refractivity contribution is 6.15. The van der Waals surface area contributed by atoms with E-state index in [1.165, 1.54) is 6.07 Å². The Morgan fingerprint density at radius 1 is 0.673 bits per heavy atom. The second kappa shape index (κ2) is 20.7. The van der Waals surface area contributed by atoms with Gasteiger partial charge in [0.15, 0.2) is 5.78 Å². The third-order valence-electron chi connectivity index (χ3n) is 8.13. The number of esters is 2. The molecule has 0 saturated heterocycles. The average molecular weight is 755 g/mol. The minimum atomic E-state index is -0.546. The van der Waals surface area contributed by atoms with E-state index in [1.54, 1.807) is 60.7 Å². The van der Waals surface area contributed by atoms with Crippen LogP contribution in [-0.2, 0) is 14.9 Å². The van der Waals surface area contributed by atoms with Crippen molar-refractivity contribution in [1.29, 1.82) is 0 Å². The maximum absolute atomic E-state index is 12.6. The number of nitrogens with zero attached hydrogens (tertiary/aromatic N) is 2. The van der Waals surface area contributed by atoms with Gasteiger partial charge in [-0.2, -0.15) is 0 Å². The molecule has 0 saturated carbocycles. The molecule has 0 aliphatic carbocycles. The number of benzene rings is 4. The van der Waals surface area contributed by atoms with Gasteiger partial charge in [0, 0.05) is 49.7 Å². The Morgan fingerprint density at radius 3 is 1.73 bits per heavy atom. The fourth-order valence-electron chi connectivity index (χ4n) is 5.28. The number of para-hydroxylation sites is 1. The lowest BCUT2D eigenvalue weighted by Crippen LogP contribution is -2.21. The Bertz CT molecular complexity index is 1890. The van der Waals surface area contributed by atoms with E-state index in [9.17, 15) is 29.4 Å². The Kier molecular flexibility index (Phi) is 17.1. The fraction of sp³-hybridized carbons (Fsp3) is 0.378. The molecule has 55 heavy (non-hydrogen) atoms. The lowest BCUT2D eigenvalue weighted by molar-refractivity contribution is -0.120. The molecular weight excluding hydrogens is 697 g/mol. The van der Waals surface area contributed by atoms with Crippen molar-refractivity contribution in [3.8, 4) is 17.2 Å². The Hall–Kier alpha value is -5.64. The molecule has 296 valence electrons. The summed E-state index contributed by atoms with van der Waals surface area (Å²) in [4.78, 5) is 49.9. The van der Waals surface area contributed by atoms with Crippen molar-refractivity contribution in [2.45, 2.75) is 81.6 Å². The van der Waals surface area contributed by atoms with E-state index >= 15 is 0 Å². The Labute approximate surface area is 326 Å². The van der Waals surface area contributed by atoms with Crippen molar-refractivity contribution in [2.24, 2.45) is 5.41 Å². The van der Waals surface area contributed by atoms with Crippen molar-refractivity contribution in [1.82, 2.24) is 0 Å². The minimum absolute atomic E-state index is 0.0407. The Balaban J connectivity index is 0.000000282. The molecule has 0 atom stereocenters. The summed E-state index contributed by atoms with van der Waals surface area (Å²) in [6.07, 6.45) is 0. The molecule has 4 aromatic rings. The van der Waals surface area contributed by atoms with Crippen molar-refractivity contribution in [3.05, 3.63) is 113 Å². The largest absolute Gasteiger partial charge is 0.508 e. The Morgan fingerprint density at radius 2 is 1.22 bits per heavy atom. The summed E-state index contributed by atoms with van der Waals surface area (Å²) in [5.41, 5.74) is 4.56. The second-order valence-electron chi connectivity index (χ2n) is 15.3. The molecule has 0 aromatic heterocycles. The normalized spacial score (nSPS) is 11.6. The van der Waals surface area contributed by atoms with Crippen LogP contribution in [0.25, 0.3) is 0 Å². The van der Waals surface area contributed by atoms with Crippen molar-refractivity contribution < 1.29 is 38.9 Å². The van der Waals surface area contributed by atoms with E-state index in [0.717, 1.165) is 43.1 Å². The molecule has 4 aromatic carbocycles. The number of carbonyl (C=O) groups is 4. The van der Waals surface area contributed by atoms with E-state index in [0.29, 0.717) is 22.3 Å². The molecule has 1 aliphatic rings. The number of carbonyl (C=O) groups excluding carboxylic acids is 4. The average Bonchev–Trinajstić information content (AvgIpc) is 3.41. The lowest BCUT2D eigenvalue weighted by Gasteiger charge is -2.21. The van der Waals surface area contributed by atoms with Crippen LogP contribution in [0.3, 0.4) is 0 Å². The fourth-order valence-corrected chi connectivity index (χ4v) is 5.28. The summed E-state index contributed by atoms with van der Waals surface area (Å²) in [7, 11) is 0. The molecule has 5 rings (SSSR count). The number of hydrogen-bond donors (Lipinski definition) is 2. The van der Waals surface area contributed by atoms with Crippen LogP contribution in [0.2, 0.25) is 0 Å². The number of phenolic OH excluding ortho intramolecular Hbond substituents is 2. The van der Waals surface area contributed by atoms with Crippen LogP contribution in [0.15, 0.2) is 84.9 Å². The van der Waals surface area contributed by atoms with E-state index < -0.39 is 17.7 Å². The first-order chi connectivity index (χ1) is 25.8. The summed E-state index contributed by atoms with van der Waals surface area (Å²) >= 11 is 0. The monoisotopic (exact) mass is 754 g/mol. The first-order valence-corrected chi connectivity index (χ1v) is 18.6. The number of anilines is 2. The van der Waals surface area contributed by atoms with Crippen LogP contribution < -0.4 is 14.5 Å². The highest BCUT2D eigenvalue weighted by Gasteiger charge is 2.31. The van der Waals surface area contributed by atoms with Crippen molar-refractivity contribution in [3.63, 3.8) is 0 Å². The van der Waals surface area contributed by atoms with Gasteiger partial charge in [-0.05, 0) is 92.6 Å². The third-order valence-corrected chi connectivity index (χ3v) is 8.13. The zero-order valence-corrected chi connectivity index (χ0v) is 34.2. The number of cyclic esters (lactones) is 2. The number of ketones is 1. The summed E-state index contributed by atoms with van der Waals surface area (Å²) in [6.45, 7) is 27.0. The number of hydrogen-bond acceptors (Lipinski definition) is 10. The molecule has 0 amide bonds. The van der Waals surface area contributed by atoms with E-state index in [4.69, 9.17) is 4.74 Å². The van der Waals surface area contributed by atoms with Crippen LogP contribution in [0.1, 0.15) is 118 Å². The molecule has 10 nitrogen and oxygen atoms in total. The maximum Gasteiger partial charge on any atom is 0.346 e. The highest BCUT2D eigenvalue weighted by Crippen LogP contribution is 2.30. The van der Waals surface area contributed by atoms with Crippen LogP contribution in [0, 0.1) is 5.41 Å². The molecule has 10 heteroatoms. The van der Waals surface area contributed by atoms with Gasteiger partial charge in [-0.15, -0.1) is 0 Å². The summed E-state index contributed by atoms with van der Waals surface area (Å²) in [6, 6.07) is 24.0. The number of rotatable bonds is 10. The molecular formula is C45H58N2O8. The molecule has 1 heterocycles. The van der Waals surface area contributed by atoms with Crippen molar-refractivity contribution in [2.75, 3.05) is 36.0 Å². The highest BCUT2D eigenvalue weighted by atomic mass is 16.6. The lowest BCUT2D eigenvalue weighted by atomic mass is 9.85. The van der Waals surface area contributed by atoms with Gasteiger partial charge in [0.05, 0.1) is 22.3 Å². The van der Waals surface area contributed by atoms with Crippen LogP contribution in [0.5, 0.6) is 17.2 Å². The first-order valence-electron chi connectivity index (χ1n) is 18.6. The van der Waals surface area contributed by atoms with Gasteiger partial charge in [0.25, 0.3) is 6.47 Å². The number of fused-ring (bicyclic) bond motifs is 1. The molecule has 0 fully saturated rings. The van der Waals surface area contributed by atoms with E-state index in [-0.39, 0.29) is 34.5 Å². The topological polar surface area (TPSA) is 134 Å². The smallest absolute Gasteiger partial charge is 0.346 e. The van der Waals surface area contributed by atoms with Gasteiger partial charge in [-0.3, -0.25) is 9.59 Å². The van der Waals surface area contributed by atoms with Crippen LogP contribution >= 0.6 is 0 Å². The summed E-state index contributed by atoms with van der Waals surface area (Å²) in [5.74, 6) is -1.08. The first kappa shape index (κ1) is 45.5. The van der Waals surface area contributed by atoms with E-state index in [1.807, 2.05) is 32.0 Å². The molecule has 2 N–H and O–H groups in total. The van der Waals surface area contributed by atoms with Gasteiger partial charge >= 0.3 is 11.9 Å². The minimum Gasteiger partial charge on any atom is -0.508 e. The van der Waals surface area contributed by atoms with Crippen LogP contribution in [-0.4, -0.2) is 60.6 Å². The second-order valence-corrected chi connectivity index (χ2v) is 15.3. The number of phenols is 2. The quantitative estimate of drug-likeness (QED) is 0.0698. The molecule has 1 aliphatic heterocycles. The van der Waals surface area contributed by atoms with Crippen LogP contribution in [0.4, 0.5) is 11.4 Å². The van der Waals surface area contributed by atoms with Gasteiger partial charge in [-0.25, -0.2) is 9.59 Å². The number of aromatic hydroxyl groups is 2. The maximum atomic E-state index is 12.6. The number of ether oxygens (including phenoxy) is 2. The third kappa shape index (κ3) is 13.9. The van der Waals surface area contributed by atoms with Crippen molar-refractivity contribution >= 4 is 35.6 Å². The summed E-state index contributed by atoms with van der Waals surface area (Å²) in [5, 5.41) is 19.5. The predicted molar refractivity (Wildman–Crippen MR) is 220 cm³/mol. The molecule has 0 bridgehead atoms. The standard InChI is InChI=1S/C18H19NO4.C12H12O3.C10H15NO.C5H12/c1-3-19(4-2)13-9-10-14(16(21)11-13)18(22)15-7-5-6-8-17(15)23-12-20;1-12(2,3)7-4-5-8-9(6-7)11(14)15-10(8)13;1-3-11(4-2)9-6-5-7-10(12)8-9;1-5(2,3)4/h5-12,21H,3-4H2,1-2H3;4-6H,1-3H3;5-8,12H,3-4H2,1-2H3;1-4H3. The van der Waals surface area contributed by atoms with Gasteiger partial charge in [0.2, 0.25) is 0 Å². The predicted octanol–water partition coefficient (Wildman–Crippen LogP) is 9.59. The van der Waals surface area contributed by atoms with E-state index in [2.05, 4.69) is 76.9 Å². The molecule has 0 unspecified atom stereocenters. The molecule has 0 radical (unpaired) electrons. The van der Waals surface area contributed by atoms with Gasteiger partial charge < -0.3 is 29.5 Å². The zero-order valence-electron chi connectivity index (χ0n) is 34.2. The van der Waals surface area contributed by atoms with Gasteiger partial charge in [0.1, 0.15) is 17.2 Å². The SMILES string of the molecule is CC(C)(C)C.CC(C)(C)c1ccc2c(c1)C(=O)OC2=O.CCN(CC)c1ccc(C(=O)c2ccccc2OC=O)c(O)c1.CCN(CC)c1cccc(O)c1. The summed E-state index contributed by atoms with van der Waals surface area (Å²) < 4.78 is 9.35. The molecule has 0 spiro atoms. The van der Waals surface area contributed by atoms with Gasteiger partial charge in [-0.1, -0.05) is 72.7 Å². The zero-order chi connectivity index (χ0) is 41.5.